The molecule has 3 nitrogen and oxygen atoms in total. The summed E-state index contributed by atoms with van der Waals surface area (Å²) in [6, 6.07) is 0. The minimum absolute atomic E-state index is 0.555. The summed E-state index contributed by atoms with van der Waals surface area (Å²) in [7, 11) is 1.94. The van der Waals surface area contributed by atoms with Crippen LogP contribution in [0.25, 0.3) is 11.0 Å². The summed E-state index contributed by atoms with van der Waals surface area (Å²) in [6.07, 6.45) is 8.06. The Labute approximate surface area is 120 Å². The van der Waals surface area contributed by atoms with E-state index in [0.29, 0.717) is 11.1 Å². The van der Waals surface area contributed by atoms with Crippen molar-refractivity contribution in [2.45, 2.75) is 38.0 Å². The van der Waals surface area contributed by atoms with Gasteiger partial charge in [0.15, 0.2) is 0 Å². The first-order chi connectivity index (χ1) is 8.70. The minimum Gasteiger partial charge on any atom is -0.318 e. The molecule has 18 heavy (non-hydrogen) atoms. The third-order valence-electron chi connectivity index (χ3n) is 3.86. The Morgan fingerprint density at radius 3 is 2.72 bits per heavy atom. The first kappa shape index (κ1) is 12.4. The Bertz CT molecular complexity index is 587. The Morgan fingerprint density at radius 1 is 1.28 bits per heavy atom. The molecule has 0 amide bonds. The number of hydrogen-bond donors (Lipinski definition) is 0. The van der Waals surface area contributed by atoms with Crippen molar-refractivity contribution < 1.29 is 0 Å². The van der Waals surface area contributed by atoms with Gasteiger partial charge in [0.1, 0.15) is 17.1 Å². The van der Waals surface area contributed by atoms with Crippen molar-refractivity contribution in [1.29, 1.82) is 0 Å². The maximum Gasteiger partial charge on any atom is 0.145 e. The van der Waals surface area contributed by atoms with Gasteiger partial charge in [-0.25, -0.2) is 9.97 Å². The van der Waals surface area contributed by atoms with Gasteiger partial charge in [0.25, 0.3) is 0 Å². The SMILES string of the molecule is Cn1c(Cl)c(Br)c2c(C3CCCCC3)ncnc21. The zero-order valence-electron chi connectivity index (χ0n) is 10.3. The Kier molecular flexibility index (Phi) is 3.32. The van der Waals surface area contributed by atoms with Gasteiger partial charge in [-0.15, -0.1) is 0 Å². The van der Waals surface area contributed by atoms with Crippen molar-refractivity contribution in [2.24, 2.45) is 7.05 Å². The van der Waals surface area contributed by atoms with Crippen molar-refractivity contribution in [3.63, 3.8) is 0 Å². The topological polar surface area (TPSA) is 30.7 Å². The second kappa shape index (κ2) is 4.82. The number of aromatic nitrogens is 3. The number of rotatable bonds is 1. The normalized spacial score (nSPS) is 17.5. The molecule has 0 aromatic carbocycles. The summed E-state index contributed by atoms with van der Waals surface area (Å²) < 4.78 is 2.84. The van der Waals surface area contributed by atoms with Gasteiger partial charge in [-0.1, -0.05) is 30.9 Å². The van der Waals surface area contributed by atoms with E-state index < -0.39 is 0 Å². The van der Waals surface area contributed by atoms with E-state index in [4.69, 9.17) is 11.6 Å². The number of nitrogens with zero attached hydrogens (tertiary/aromatic N) is 3. The zero-order chi connectivity index (χ0) is 12.7. The smallest absolute Gasteiger partial charge is 0.145 e. The highest BCUT2D eigenvalue weighted by Gasteiger charge is 2.23. The van der Waals surface area contributed by atoms with Crippen molar-refractivity contribution in [2.75, 3.05) is 0 Å². The fourth-order valence-electron chi connectivity index (χ4n) is 2.88. The van der Waals surface area contributed by atoms with Gasteiger partial charge in [0.2, 0.25) is 0 Å². The van der Waals surface area contributed by atoms with Crippen molar-refractivity contribution in [3.8, 4) is 0 Å². The summed E-state index contributed by atoms with van der Waals surface area (Å²) in [6.45, 7) is 0. The molecule has 1 saturated carbocycles. The summed E-state index contributed by atoms with van der Waals surface area (Å²) in [5.74, 6) is 0.555. The van der Waals surface area contributed by atoms with E-state index in [1.165, 1.54) is 32.1 Å². The fourth-order valence-corrected chi connectivity index (χ4v) is 3.70. The van der Waals surface area contributed by atoms with Crippen LogP contribution in [0.5, 0.6) is 0 Å². The van der Waals surface area contributed by atoms with Crippen LogP contribution in [-0.2, 0) is 7.05 Å². The molecule has 2 aromatic rings. The Morgan fingerprint density at radius 2 is 2.00 bits per heavy atom. The molecule has 5 heteroatoms. The number of fused-ring (bicyclic) bond motifs is 1. The van der Waals surface area contributed by atoms with E-state index in [1.54, 1.807) is 6.33 Å². The third-order valence-corrected chi connectivity index (χ3v) is 5.30. The first-order valence-corrected chi connectivity index (χ1v) is 7.51. The van der Waals surface area contributed by atoms with Crippen molar-refractivity contribution >= 4 is 38.6 Å². The van der Waals surface area contributed by atoms with Crippen molar-refractivity contribution in [1.82, 2.24) is 14.5 Å². The van der Waals surface area contributed by atoms with Gasteiger partial charge in [-0.3, -0.25) is 0 Å². The highest BCUT2D eigenvalue weighted by atomic mass is 79.9. The highest BCUT2D eigenvalue weighted by molar-refractivity contribution is 9.10. The maximum absolute atomic E-state index is 6.28. The lowest BCUT2D eigenvalue weighted by atomic mass is 9.86. The lowest BCUT2D eigenvalue weighted by Crippen LogP contribution is -2.07. The molecule has 2 heterocycles. The minimum atomic E-state index is 0.555. The summed E-state index contributed by atoms with van der Waals surface area (Å²) in [4.78, 5) is 8.89. The second-order valence-corrected chi connectivity index (χ2v) is 6.11. The van der Waals surface area contributed by atoms with Crippen LogP contribution in [-0.4, -0.2) is 14.5 Å². The highest BCUT2D eigenvalue weighted by Crippen LogP contribution is 2.40. The van der Waals surface area contributed by atoms with Gasteiger partial charge in [-0.05, 0) is 28.8 Å². The third kappa shape index (κ3) is 1.86. The van der Waals surface area contributed by atoms with E-state index in [9.17, 15) is 0 Å². The molecule has 1 aliphatic carbocycles. The predicted octanol–water partition coefficient (Wildman–Crippen LogP) is 4.43. The maximum atomic E-state index is 6.28. The molecule has 0 spiro atoms. The van der Waals surface area contributed by atoms with Crippen molar-refractivity contribution in [3.05, 3.63) is 21.6 Å². The Hall–Kier alpha value is -0.610. The van der Waals surface area contributed by atoms with Gasteiger partial charge in [0, 0.05) is 13.0 Å². The average molecular weight is 329 g/mol. The van der Waals surface area contributed by atoms with E-state index in [0.717, 1.165) is 21.2 Å². The number of hydrogen-bond acceptors (Lipinski definition) is 2. The van der Waals surface area contributed by atoms with Crippen LogP contribution in [0.1, 0.15) is 43.7 Å². The quantitative estimate of drug-likeness (QED) is 0.775. The summed E-state index contributed by atoms with van der Waals surface area (Å²) in [5.41, 5.74) is 2.08. The largest absolute Gasteiger partial charge is 0.318 e. The average Bonchev–Trinajstić information content (AvgIpc) is 2.65. The molecule has 0 aliphatic heterocycles. The molecule has 0 bridgehead atoms. The van der Waals surface area contributed by atoms with Crippen LogP contribution in [0.15, 0.2) is 10.8 Å². The first-order valence-electron chi connectivity index (χ1n) is 6.34. The van der Waals surface area contributed by atoms with E-state index in [1.807, 2.05) is 11.6 Å². The van der Waals surface area contributed by atoms with Gasteiger partial charge < -0.3 is 4.57 Å². The molecule has 1 aliphatic rings. The van der Waals surface area contributed by atoms with Crippen LogP contribution >= 0.6 is 27.5 Å². The number of aryl methyl sites for hydroxylation is 1. The zero-order valence-corrected chi connectivity index (χ0v) is 12.6. The molecule has 0 N–H and O–H groups in total. The monoisotopic (exact) mass is 327 g/mol. The molecule has 2 aromatic heterocycles. The molecule has 0 saturated heterocycles. The number of halogens is 2. The van der Waals surface area contributed by atoms with Crippen LogP contribution in [0.4, 0.5) is 0 Å². The van der Waals surface area contributed by atoms with E-state index in [2.05, 4.69) is 25.9 Å². The molecule has 0 atom stereocenters. The molecular formula is C13H15BrClN3. The molecule has 0 radical (unpaired) electrons. The molecule has 96 valence electrons. The second-order valence-electron chi connectivity index (χ2n) is 4.96. The predicted molar refractivity (Wildman–Crippen MR) is 77.0 cm³/mol. The lowest BCUT2D eigenvalue weighted by Gasteiger charge is -2.21. The lowest BCUT2D eigenvalue weighted by molar-refractivity contribution is 0.438. The fraction of sp³-hybridized carbons (Fsp3) is 0.538. The summed E-state index contributed by atoms with van der Waals surface area (Å²) >= 11 is 9.87. The van der Waals surface area contributed by atoms with E-state index >= 15 is 0 Å². The molecular weight excluding hydrogens is 314 g/mol. The van der Waals surface area contributed by atoms with Crippen LogP contribution < -0.4 is 0 Å². The van der Waals surface area contributed by atoms with Gasteiger partial charge >= 0.3 is 0 Å². The van der Waals surface area contributed by atoms with Gasteiger partial charge in [0.05, 0.1) is 15.6 Å². The van der Waals surface area contributed by atoms with Crippen LogP contribution in [0.2, 0.25) is 5.15 Å². The molecule has 3 rings (SSSR count). The van der Waals surface area contributed by atoms with Gasteiger partial charge in [-0.2, -0.15) is 0 Å². The molecule has 1 fully saturated rings. The van der Waals surface area contributed by atoms with Crippen LogP contribution in [0.3, 0.4) is 0 Å². The van der Waals surface area contributed by atoms with E-state index in [-0.39, 0.29) is 0 Å². The molecule has 0 unspecified atom stereocenters. The van der Waals surface area contributed by atoms with Crippen LogP contribution in [0, 0.1) is 0 Å². The summed E-state index contributed by atoms with van der Waals surface area (Å²) in [5, 5.41) is 1.79. The standard InChI is InChI=1S/C13H15BrClN3/c1-18-12(15)10(14)9-11(16-7-17-13(9)18)8-5-3-2-4-6-8/h7-8H,2-6H2,1H3. The Balaban J connectivity index is 2.20.